The third-order valence-electron chi connectivity index (χ3n) is 2.35. The highest BCUT2D eigenvalue weighted by molar-refractivity contribution is 6.35. The number of rotatable bonds is 5. The van der Waals surface area contributed by atoms with Gasteiger partial charge in [-0.15, -0.1) is 0 Å². The zero-order valence-corrected chi connectivity index (χ0v) is 9.75. The van der Waals surface area contributed by atoms with Gasteiger partial charge in [0.1, 0.15) is 0 Å². The lowest BCUT2D eigenvalue weighted by Crippen LogP contribution is -2.47. The van der Waals surface area contributed by atoms with E-state index < -0.39 is 11.8 Å². The summed E-state index contributed by atoms with van der Waals surface area (Å²) in [4.78, 5) is 24.6. The lowest BCUT2D eigenvalue weighted by atomic mass is 10.2. The first-order valence-corrected chi connectivity index (χ1v) is 5.37. The minimum absolute atomic E-state index is 0.0890. The molecule has 2 amide bonds. The van der Waals surface area contributed by atoms with Gasteiger partial charge in [-0.2, -0.15) is 0 Å². The van der Waals surface area contributed by atoms with Gasteiger partial charge in [-0.1, -0.05) is 6.92 Å². The van der Waals surface area contributed by atoms with Crippen LogP contribution in [0.15, 0.2) is 0 Å². The van der Waals surface area contributed by atoms with E-state index in [-0.39, 0.29) is 6.04 Å². The number of amides is 2. The van der Waals surface area contributed by atoms with Crippen molar-refractivity contribution in [1.29, 1.82) is 0 Å². The van der Waals surface area contributed by atoms with E-state index in [1.165, 1.54) is 0 Å². The van der Waals surface area contributed by atoms with E-state index in [0.29, 0.717) is 19.6 Å². The lowest BCUT2D eigenvalue weighted by Gasteiger charge is -2.26. The van der Waals surface area contributed by atoms with Gasteiger partial charge in [0.2, 0.25) is 0 Å². The number of carbonyl (C=O) groups is 2. The second-order valence-corrected chi connectivity index (χ2v) is 3.39. The van der Waals surface area contributed by atoms with Crippen LogP contribution in [0.25, 0.3) is 0 Å². The molecule has 5 nitrogen and oxygen atoms in total. The normalized spacial score (nSPS) is 12.0. The molecular weight excluding hydrogens is 194 g/mol. The maximum atomic E-state index is 11.7. The van der Waals surface area contributed by atoms with Crippen LogP contribution in [-0.2, 0) is 9.59 Å². The molecule has 0 rings (SSSR count). The van der Waals surface area contributed by atoms with Gasteiger partial charge in [0.15, 0.2) is 0 Å². The standard InChI is InChI=1S/C10H21N3O2/c1-4-8(3)13(5-2)10(15)9(14)12-7-6-11/h8H,4-7,11H2,1-3H3,(H,12,14). The largest absolute Gasteiger partial charge is 0.347 e. The molecule has 0 aliphatic heterocycles. The smallest absolute Gasteiger partial charge is 0.312 e. The van der Waals surface area contributed by atoms with E-state index in [4.69, 9.17) is 5.73 Å². The van der Waals surface area contributed by atoms with Crippen molar-refractivity contribution in [2.75, 3.05) is 19.6 Å². The Morgan fingerprint density at radius 3 is 2.40 bits per heavy atom. The van der Waals surface area contributed by atoms with Crippen molar-refractivity contribution in [3.05, 3.63) is 0 Å². The molecule has 0 fully saturated rings. The van der Waals surface area contributed by atoms with Gasteiger partial charge in [0.25, 0.3) is 0 Å². The van der Waals surface area contributed by atoms with Crippen LogP contribution in [0.2, 0.25) is 0 Å². The fourth-order valence-corrected chi connectivity index (χ4v) is 1.27. The van der Waals surface area contributed by atoms with Crippen molar-refractivity contribution in [3.8, 4) is 0 Å². The minimum Gasteiger partial charge on any atom is -0.347 e. The molecule has 0 aliphatic carbocycles. The Bertz CT molecular complexity index is 219. The summed E-state index contributed by atoms with van der Waals surface area (Å²) in [5.74, 6) is -1.04. The maximum Gasteiger partial charge on any atom is 0.312 e. The second kappa shape index (κ2) is 7.23. The Hall–Kier alpha value is -1.10. The zero-order valence-electron chi connectivity index (χ0n) is 9.75. The summed E-state index contributed by atoms with van der Waals surface area (Å²) in [6, 6.07) is 0.0890. The van der Waals surface area contributed by atoms with Crippen LogP contribution < -0.4 is 11.1 Å². The molecule has 3 N–H and O–H groups in total. The third kappa shape index (κ3) is 4.29. The number of nitrogens with one attached hydrogen (secondary N) is 1. The molecule has 0 aromatic heterocycles. The molecule has 0 aromatic carbocycles. The lowest BCUT2D eigenvalue weighted by molar-refractivity contribution is -0.147. The van der Waals surface area contributed by atoms with Crippen LogP contribution in [0.1, 0.15) is 27.2 Å². The Labute approximate surface area is 91.0 Å². The van der Waals surface area contributed by atoms with Gasteiger partial charge < -0.3 is 16.0 Å². The summed E-state index contributed by atoms with van der Waals surface area (Å²) >= 11 is 0. The molecule has 0 saturated heterocycles. The fraction of sp³-hybridized carbons (Fsp3) is 0.800. The first kappa shape index (κ1) is 13.9. The van der Waals surface area contributed by atoms with Crippen molar-refractivity contribution < 1.29 is 9.59 Å². The van der Waals surface area contributed by atoms with E-state index in [1.807, 2.05) is 20.8 Å². The fourth-order valence-electron chi connectivity index (χ4n) is 1.27. The highest BCUT2D eigenvalue weighted by Gasteiger charge is 2.23. The molecular formula is C10H21N3O2. The van der Waals surface area contributed by atoms with Crippen molar-refractivity contribution in [1.82, 2.24) is 10.2 Å². The van der Waals surface area contributed by atoms with Crippen molar-refractivity contribution in [2.45, 2.75) is 33.2 Å². The van der Waals surface area contributed by atoms with E-state index >= 15 is 0 Å². The van der Waals surface area contributed by atoms with Crippen LogP contribution in [0, 0.1) is 0 Å². The molecule has 0 radical (unpaired) electrons. The summed E-state index contributed by atoms with van der Waals surface area (Å²) in [5, 5.41) is 2.47. The van der Waals surface area contributed by atoms with Gasteiger partial charge in [-0.25, -0.2) is 0 Å². The highest BCUT2D eigenvalue weighted by atomic mass is 16.2. The van der Waals surface area contributed by atoms with E-state index in [1.54, 1.807) is 4.90 Å². The SMILES string of the molecule is CCC(C)N(CC)C(=O)C(=O)NCCN. The molecule has 0 bridgehead atoms. The van der Waals surface area contributed by atoms with Crippen LogP contribution in [0.4, 0.5) is 0 Å². The maximum absolute atomic E-state index is 11.7. The van der Waals surface area contributed by atoms with E-state index in [2.05, 4.69) is 5.32 Å². The number of nitrogens with two attached hydrogens (primary N) is 1. The summed E-state index contributed by atoms with van der Waals surface area (Å²) in [5.41, 5.74) is 5.23. The average molecular weight is 215 g/mol. The van der Waals surface area contributed by atoms with Gasteiger partial charge in [-0.05, 0) is 20.3 Å². The Kier molecular flexibility index (Phi) is 6.70. The first-order valence-electron chi connectivity index (χ1n) is 5.37. The van der Waals surface area contributed by atoms with E-state index in [0.717, 1.165) is 6.42 Å². The Morgan fingerprint density at radius 2 is 2.00 bits per heavy atom. The van der Waals surface area contributed by atoms with Crippen molar-refractivity contribution in [2.24, 2.45) is 5.73 Å². The predicted molar refractivity (Wildman–Crippen MR) is 59.2 cm³/mol. The number of likely N-dealkylation sites (N-methyl/N-ethyl adjacent to an activating group) is 1. The highest BCUT2D eigenvalue weighted by Crippen LogP contribution is 2.03. The summed E-state index contributed by atoms with van der Waals surface area (Å²) in [6.45, 7) is 7.00. The molecule has 1 atom stereocenters. The van der Waals surface area contributed by atoms with Crippen LogP contribution >= 0.6 is 0 Å². The summed E-state index contributed by atoms with van der Waals surface area (Å²) in [6.07, 6.45) is 0.837. The number of carbonyl (C=O) groups excluding carboxylic acids is 2. The Morgan fingerprint density at radius 1 is 1.40 bits per heavy atom. The van der Waals surface area contributed by atoms with Crippen LogP contribution in [0.5, 0.6) is 0 Å². The first-order chi connectivity index (χ1) is 7.08. The van der Waals surface area contributed by atoms with Gasteiger partial charge in [0, 0.05) is 25.7 Å². The summed E-state index contributed by atoms with van der Waals surface area (Å²) in [7, 11) is 0. The molecule has 88 valence electrons. The average Bonchev–Trinajstić information content (AvgIpc) is 2.26. The minimum atomic E-state index is -0.567. The molecule has 5 heteroatoms. The van der Waals surface area contributed by atoms with Gasteiger partial charge in [-0.3, -0.25) is 9.59 Å². The topological polar surface area (TPSA) is 75.4 Å². The molecule has 0 aliphatic rings. The summed E-state index contributed by atoms with van der Waals surface area (Å²) < 4.78 is 0. The van der Waals surface area contributed by atoms with Crippen LogP contribution in [-0.4, -0.2) is 42.4 Å². The monoisotopic (exact) mass is 215 g/mol. The van der Waals surface area contributed by atoms with Gasteiger partial charge >= 0.3 is 11.8 Å². The zero-order chi connectivity index (χ0) is 11.8. The molecule has 0 aromatic rings. The van der Waals surface area contributed by atoms with E-state index in [9.17, 15) is 9.59 Å². The molecule has 0 heterocycles. The Balaban J connectivity index is 4.31. The van der Waals surface area contributed by atoms with Crippen molar-refractivity contribution >= 4 is 11.8 Å². The molecule has 1 unspecified atom stereocenters. The third-order valence-corrected chi connectivity index (χ3v) is 2.35. The van der Waals surface area contributed by atoms with Crippen molar-refractivity contribution in [3.63, 3.8) is 0 Å². The predicted octanol–water partition coefficient (Wildman–Crippen LogP) is -0.292. The number of hydrogen-bond acceptors (Lipinski definition) is 3. The molecule has 15 heavy (non-hydrogen) atoms. The number of hydrogen-bond donors (Lipinski definition) is 2. The molecule has 0 saturated carbocycles. The van der Waals surface area contributed by atoms with Gasteiger partial charge in [0.05, 0.1) is 0 Å². The number of nitrogens with zero attached hydrogens (tertiary/aromatic N) is 1. The van der Waals surface area contributed by atoms with Crippen LogP contribution in [0.3, 0.4) is 0 Å². The second-order valence-electron chi connectivity index (χ2n) is 3.39. The quantitative estimate of drug-likeness (QED) is 0.619. The molecule has 0 spiro atoms.